The van der Waals surface area contributed by atoms with Crippen LogP contribution in [0.4, 0.5) is 11.4 Å². The molecule has 0 aliphatic carbocycles. The van der Waals surface area contributed by atoms with Crippen LogP contribution in [-0.4, -0.2) is 22.7 Å². The summed E-state index contributed by atoms with van der Waals surface area (Å²) in [5, 5.41) is 11.8. The smallest absolute Gasteiger partial charge is 0.0630 e. The number of aliphatic hydroxyl groups excluding tert-OH is 1. The normalized spacial score (nSPS) is 12.5. The zero-order valence-electron chi connectivity index (χ0n) is 6.99. The van der Waals surface area contributed by atoms with Crippen molar-refractivity contribution in [1.29, 1.82) is 0 Å². The maximum atomic E-state index is 8.75. The van der Waals surface area contributed by atoms with Crippen LogP contribution in [0.5, 0.6) is 0 Å². The van der Waals surface area contributed by atoms with Gasteiger partial charge in [0.05, 0.1) is 24.2 Å². The van der Waals surface area contributed by atoms with E-state index in [1.54, 1.807) is 18.5 Å². The minimum absolute atomic E-state index is 0.0219. The van der Waals surface area contributed by atoms with E-state index in [1.807, 2.05) is 6.92 Å². The van der Waals surface area contributed by atoms with E-state index in [4.69, 9.17) is 10.8 Å². The minimum Gasteiger partial charge on any atom is -0.397 e. The molecule has 0 aliphatic rings. The van der Waals surface area contributed by atoms with Crippen LogP contribution in [-0.2, 0) is 0 Å². The van der Waals surface area contributed by atoms with Gasteiger partial charge >= 0.3 is 0 Å². The molecule has 1 aromatic heterocycles. The van der Waals surface area contributed by atoms with Crippen LogP contribution in [0.15, 0.2) is 18.5 Å². The van der Waals surface area contributed by atoms with Crippen molar-refractivity contribution in [3.8, 4) is 0 Å². The molecule has 4 heteroatoms. The van der Waals surface area contributed by atoms with Gasteiger partial charge in [-0.05, 0) is 13.0 Å². The summed E-state index contributed by atoms with van der Waals surface area (Å²) in [6.07, 6.45) is 3.25. The molecule has 0 saturated heterocycles. The maximum Gasteiger partial charge on any atom is 0.0630 e. The SMILES string of the molecule is CC(CO)Nc1cncc(N)c1. The number of nitrogen functional groups attached to an aromatic ring is 1. The van der Waals surface area contributed by atoms with Crippen LogP contribution in [0.25, 0.3) is 0 Å². The lowest BCUT2D eigenvalue weighted by molar-refractivity contribution is 0.281. The molecule has 1 heterocycles. The fourth-order valence-corrected chi connectivity index (χ4v) is 0.867. The van der Waals surface area contributed by atoms with Crippen molar-refractivity contribution in [3.63, 3.8) is 0 Å². The number of aromatic nitrogens is 1. The molecule has 1 aromatic rings. The lowest BCUT2D eigenvalue weighted by Crippen LogP contribution is -2.19. The number of nitrogens with one attached hydrogen (secondary N) is 1. The third-order valence-electron chi connectivity index (χ3n) is 1.45. The predicted molar refractivity (Wildman–Crippen MR) is 48.8 cm³/mol. The van der Waals surface area contributed by atoms with E-state index < -0.39 is 0 Å². The van der Waals surface area contributed by atoms with Gasteiger partial charge in [-0.1, -0.05) is 0 Å². The van der Waals surface area contributed by atoms with Gasteiger partial charge in [0, 0.05) is 12.2 Å². The van der Waals surface area contributed by atoms with Crippen molar-refractivity contribution in [2.45, 2.75) is 13.0 Å². The molecule has 1 atom stereocenters. The van der Waals surface area contributed by atoms with Gasteiger partial charge < -0.3 is 16.2 Å². The van der Waals surface area contributed by atoms with Gasteiger partial charge in [-0.3, -0.25) is 4.98 Å². The Morgan fingerprint density at radius 2 is 2.42 bits per heavy atom. The van der Waals surface area contributed by atoms with Gasteiger partial charge in [0.25, 0.3) is 0 Å². The molecule has 0 bridgehead atoms. The van der Waals surface area contributed by atoms with Crippen molar-refractivity contribution in [2.75, 3.05) is 17.7 Å². The standard InChI is InChI=1S/C8H13N3O/c1-6(5-12)11-8-2-7(9)3-10-4-8/h2-4,6,11-12H,5,9H2,1H3. The Hall–Kier alpha value is -1.29. The number of anilines is 2. The van der Waals surface area contributed by atoms with Crippen LogP contribution in [0.3, 0.4) is 0 Å². The molecule has 1 rings (SSSR count). The third kappa shape index (κ3) is 2.39. The van der Waals surface area contributed by atoms with Crippen LogP contribution in [0.2, 0.25) is 0 Å². The molecular weight excluding hydrogens is 154 g/mol. The molecule has 0 radical (unpaired) electrons. The molecule has 4 nitrogen and oxygen atoms in total. The first-order chi connectivity index (χ1) is 5.72. The third-order valence-corrected chi connectivity index (χ3v) is 1.45. The zero-order valence-corrected chi connectivity index (χ0v) is 6.99. The summed E-state index contributed by atoms with van der Waals surface area (Å²) < 4.78 is 0. The molecule has 4 N–H and O–H groups in total. The Bertz CT molecular complexity index is 252. The molecule has 0 saturated carbocycles. The zero-order chi connectivity index (χ0) is 8.97. The summed E-state index contributed by atoms with van der Waals surface area (Å²) in [6, 6.07) is 1.80. The van der Waals surface area contributed by atoms with Gasteiger partial charge in [0.15, 0.2) is 0 Å². The number of aliphatic hydroxyl groups is 1. The Labute approximate surface area is 71.4 Å². The van der Waals surface area contributed by atoms with Gasteiger partial charge in [0.1, 0.15) is 0 Å². The lowest BCUT2D eigenvalue weighted by atomic mass is 10.3. The number of rotatable bonds is 3. The van der Waals surface area contributed by atoms with Crippen molar-refractivity contribution in [3.05, 3.63) is 18.5 Å². The summed E-state index contributed by atoms with van der Waals surface area (Å²) in [7, 11) is 0. The Balaban J connectivity index is 2.63. The van der Waals surface area contributed by atoms with Crippen LogP contribution in [0, 0.1) is 0 Å². The highest BCUT2D eigenvalue weighted by Gasteiger charge is 1.99. The first kappa shape index (κ1) is 8.80. The largest absolute Gasteiger partial charge is 0.397 e. The van der Waals surface area contributed by atoms with Crippen LogP contribution in [0.1, 0.15) is 6.92 Å². The van der Waals surface area contributed by atoms with Gasteiger partial charge in [-0.25, -0.2) is 0 Å². The first-order valence-corrected chi connectivity index (χ1v) is 3.80. The van der Waals surface area contributed by atoms with Crippen LogP contribution < -0.4 is 11.1 Å². The molecule has 66 valence electrons. The Morgan fingerprint density at radius 3 is 3.00 bits per heavy atom. The summed E-state index contributed by atoms with van der Waals surface area (Å²) >= 11 is 0. The number of nitrogens with two attached hydrogens (primary N) is 1. The van der Waals surface area contributed by atoms with E-state index in [9.17, 15) is 0 Å². The van der Waals surface area contributed by atoms with E-state index in [-0.39, 0.29) is 12.6 Å². The monoisotopic (exact) mass is 167 g/mol. The summed E-state index contributed by atoms with van der Waals surface area (Å²) in [4.78, 5) is 3.90. The first-order valence-electron chi connectivity index (χ1n) is 3.80. The molecule has 12 heavy (non-hydrogen) atoms. The quantitative estimate of drug-likeness (QED) is 0.611. The summed E-state index contributed by atoms with van der Waals surface area (Å²) in [5.74, 6) is 0. The second-order valence-electron chi connectivity index (χ2n) is 2.73. The molecule has 0 amide bonds. The Morgan fingerprint density at radius 1 is 1.67 bits per heavy atom. The van der Waals surface area contributed by atoms with Crippen molar-refractivity contribution < 1.29 is 5.11 Å². The second-order valence-corrected chi connectivity index (χ2v) is 2.73. The van der Waals surface area contributed by atoms with Crippen molar-refractivity contribution >= 4 is 11.4 Å². The number of pyridine rings is 1. The molecule has 0 fully saturated rings. The fraction of sp³-hybridized carbons (Fsp3) is 0.375. The summed E-state index contributed by atoms with van der Waals surface area (Å²) in [6.45, 7) is 1.97. The van der Waals surface area contributed by atoms with E-state index >= 15 is 0 Å². The molecular formula is C8H13N3O. The van der Waals surface area contributed by atoms with Crippen molar-refractivity contribution in [1.82, 2.24) is 4.98 Å². The van der Waals surface area contributed by atoms with Gasteiger partial charge in [-0.2, -0.15) is 0 Å². The van der Waals surface area contributed by atoms with E-state index in [1.165, 1.54) is 0 Å². The van der Waals surface area contributed by atoms with E-state index in [0.29, 0.717) is 5.69 Å². The predicted octanol–water partition coefficient (Wildman–Crippen LogP) is 0.456. The number of nitrogens with zero attached hydrogens (tertiary/aromatic N) is 1. The lowest BCUT2D eigenvalue weighted by Gasteiger charge is -2.11. The van der Waals surface area contributed by atoms with E-state index in [0.717, 1.165) is 5.69 Å². The highest BCUT2D eigenvalue weighted by Crippen LogP contribution is 2.10. The van der Waals surface area contributed by atoms with Crippen molar-refractivity contribution in [2.24, 2.45) is 0 Å². The average Bonchev–Trinajstić information content (AvgIpc) is 2.04. The minimum atomic E-state index is 0.0219. The topological polar surface area (TPSA) is 71.2 Å². The molecule has 0 aliphatic heterocycles. The maximum absolute atomic E-state index is 8.75. The van der Waals surface area contributed by atoms with E-state index in [2.05, 4.69) is 10.3 Å². The highest BCUT2D eigenvalue weighted by molar-refractivity contribution is 5.51. The van der Waals surface area contributed by atoms with Gasteiger partial charge in [0.2, 0.25) is 0 Å². The molecule has 0 aromatic carbocycles. The Kier molecular flexibility index (Phi) is 2.88. The molecule has 1 unspecified atom stereocenters. The summed E-state index contributed by atoms with van der Waals surface area (Å²) in [5.41, 5.74) is 6.96. The number of hydrogen-bond acceptors (Lipinski definition) is 4. The van der Waals surface area contributed by atoms with Gasteiger partial charge in [-0.15, -0.1) is 0 Å². The molecule has 0 spiro atoms. The average molecular weight is 167 g/mol. The number of hydrogen-bond donors (Lipinski definition) is 3. The highest BCUT2D eigenvalue weighted by atomic mass is 16.3. The van der Waals surface area contributed by atoms with Crippen LogP contribution >= 0.6 is 0 Å². The fourth-order valence-electron chi connectivity index (χ4n) is 0.867. The second kappa shape index (κ2) is 3.92.